The summed E-state index contributed by atoms with van der Waals surface area (Å²) in [5.41, 5.74) is 2.73. The molecule has 2 aromatic rings. The molecule has 0 saturated carbocycles. The summed E-state index contributed by atoms with van der Waals surface area (Å²) in [6.45, 7) is 12.0. The van der Waals surface area contributed by atoms with Crippen molar-refractivity contribution in [3.05, 3.63) is 69.8 Å². The standard InChI is InChI=1S/C34H46O10/c1-33(2,3)27-19-23(17-25(21-35)31(27)39)7-9-29(37)43-15-13-41-11-12-42-14-16-44-30(38)10-8-24-18-26(22-36)32(40)28(20-24)34(4,5)6/h7-10,17-20,35-36,39-40H,11-16,21-22H2,1-6H3/b9-7+,10-8+. The monoisotopic (exact) mass is 614 g/mol. The van der Waals surface area contributed by atoms with Crippen molar-refractivity contribution in [1.82, 2.24) is 0 Å². The van der Waals surface area contributed by atoms with Gasteiger partial charge in [0.25, 0.3) is 0 Å². The molecule has 10 nitrogen and oxygen atoms in total. The van der Waals surface area contributed by atoms with Gasteiger partial charge in [-0.25, -0.2) is 9.59 Å². The lowest BCUT2D eigenvalue weighted by Gasteiger charge is -2.22. The molecular formula is C34H46O10. The predicted molar refractivity (Wildman–Crippen MR) is 167 cm³/mol. The molecule has 0 spiro atoms. The Bertz CT molecular complexity index is 1210. The van der Waals surface area contributed by atoms with Crippen molar-refractivity contribution in [2.24, 2.45) is 0 Å². The summed E-state index contributed by atoms with van der Waals surface area (Å²) in [5, 5.41) is 39.8. The van der Waals surface area contributed by atoms with Crippen LogP contribution in [0.1, 0.15) is 74.9 Å². The number of carbonyl (C=O) groups is 2. The average molecular weight is 615 g/mol. The van der Waals surface area contributed by atoms with Crippen LogP contribution in [0.3, 0.4) is 0 Å². The summed E-state index contributed by atoms with van der Waals surface area (Å²) in [5.74, 6) is -1.00. The largest absolute Gasteiger partial charge is 0.507 e. The molecule has 4 N–H and O–H groups in total. The van der Waals surface area contributed by atoms with Crippen molar-refractivity contribution in [1.29, 1.82) is 0 Å². The van der Waals surface area contributed by atoms with E-state index in [1.165, 1.54) is 12.2 Å². The van der Waals surface area contributed by atoms with Gasteiger partial charge in [0.2, 0.25) is 0 Å². The zero-order chi connectivity index (χ0) is 32.9. The zero-order valence-electron chi connectivity index (χ0n) is 26.5. The fourth-order valence-corrected chi connectivity index (χ4v) is 4.16. The highest BCUT2D eigenvalue weighted by Crippen LogP contribution is 2.36. The molecule has 44 heavy (non-hydrogen) atoms. The fraction of sp³-hybridized carbons (Fsp3) is 0.471. The van der Waals surface area contributed by atoms with Gasteiger partial charge in [-0.15, -0.1) is 0 Å². The minimum atomic E-state index is -0.550. The van der Waals surface area contributed by atoms with Gasteiger partial charge in [0.1, 0.15) is 24.7 Å². The van der Waals surface area contributed by atoms with Crippen LogP contribution in [-0.2, 0) is 52.6 Å². The lowest BCUT2D eigenvalue weighted by Crippen LogP contribution is -2.14. The van der Waals surface area contributed by atoms with Gasteiger partial charge in [-0.2, -0.15) is 0 Å². The topological polar surface area (TPSA) is 152 Å². The first kappa shape index (κ1) is 36.5. The zero-order valence-corrected chi connectivity index (χ0v) is 26.5. The molecule has 0 aromatic heterocycles. The minimum Gasteiger partial charge on any atom is -0.507 e. The molecule has 0 saturated heterocycles. The van der Waals surface area contributed by atoms with Gasteiger partial charge in [0.15, 0.2) is 0 Å². The summed E-state index contributed by atoms with van der Waals surface area (Å²) < 4.78 is 21.0. The van der Waals surface area contributed by atoms with Crippen LogP contribution in [0.2, 0.25) is 0 Å². The molecule has 0 unspecified atom stereocenters. The molecule has 0 radical (unpaired) electrons. The summed E-state index contributed by atoms with van der Waals surface area (Å²) >= 11 is 0. The highest BCUT2D eigenvalue weighted by atomic mass is 16.6. The number of hydrogen-bond donors (Lipinski definition) is 4. The van der Waals surface area contributed by atoms with Crippen molar-refractivity contribution in [3.63, 3.8) is 0 Å². The minimum absolute atomic E-state index is 0.0502. The number of aliphatic hydroxyl groups is 2. The van der Waals surface area contributed by atoms with Crippen molar-refractivity contribution in [2.75, 3.05) is 39.6 Å². The second kappa shape index (κ2) is 17.0. The van der Waals surface area contributed by atoms with E-state index in [1.807, 2.05) is 41.5 Å². The molecule has 2 rings (SSSR count). The molecule has 0 bridgehead atoms. The molecule has 0 atom stereocenters. The highest BCUT2D eigenvalue weighted by molar-refractivity contribution is 5.87. The van der Waals surface area contributed by atoms with E-state index < -0.39 is 11.9 Å². The van der Waals surface area contributed by atoms with Gasteiger partial charge in [-0.3, -0.25) is 0 Å². The lowest BCUT2D eigenvalue weighted by molar-refractivity contribution is -0.141. The molecule has 0 fully saturated rings. The number of rotatable bonds is 15. The van der Waals surface area contributed by atoms with Crippen LogP contribution in [0.4, 0.5) is 0 Å². The van der Waals surface area contributed by atoms with Crippen molar-refractivity contribution < 1.29 is 49.0 Å². The number of carbonyl (C=O) groups excluding carboxylic acids is 2. The van der Waals surface area contributed by atoms with Crippen LogP contribution in [0.15, 0.2) is 36.4 Å². The van der Waals surface area contributed by atoms with E-state index >= 15 is 0 Å². The SMILES string of the molecule is CC(C)(C)c1cc(/C=C/C(=O)OCCOCCOCCOC(=O)/C=C/c2cc(CO)c(O)c(C(C)(C)C)c2)cc(CO)c1O. The first-order chi connectivity index (χ1) is 20.7. The maximum absolute atomic E-state index is 12.1. The van der Waals surface area contributed by atoms with Crippen LogP contribution >= 0.6 is 0 Å². The smallest absolute Gasteiger partial charge is 0.330 e. The van der Waals surface area contributed by atoms with E-state index in [0.29, 0.717) is 33.4 Å². The molecule has 0 aliphatic heterocycles. The number of esters is 2. The molecule has 2 aromatic carbocycles. The van der Waals surface area contributed by atoms with Crippen LogP contribution in [-0.4, -0.2) is 72.0 Å². The number of hydrogen-bond acceptors (Lipinski definition) is 10. The van der Waals surface area contributed by atoms with Crippen LogP contribution in [0.25, 0.3) is 12.2 Å². The van der Waals surface area contributed by atoms with Crippen LogP contribution in [0, 0.1) is 0 Å². The Kier molecular flexibility index (Phi) is 14.1. The number of phenols is 2. The van der Waals surface area contributed by atoms with Crippen LogP contribution in [0.5, 0.6) is 11.5 Å². The van der Waals surface area contributed by atoms with Crippen molar-refractivity contribution in [3.8, 4) is 11.5 Å². The first-order valence-corrected chi connectivity index (χ1v) is 14.5. The van der Waals surface area contributed by atoms with Gasteiger partial charge in [0, 0.05) is 34.4 Å². The lowest BCUT2D eigenvalue weighted by atomic mass is 9.84. The number of benzene rings is 2. The first-order valence-electron chi connectivity index (χ1n) is 14.5. The molecule has 0 heterocycles. The Hall–Kier alpha value is -3.70. The maximum atomic E-state index is 12.1. The third-order valence-electron chi connectivity index (χ3n) is 6.52. The predicted octanol–water partition coefficient (Wildman–Crippen LogP) is 4.52. The average Bonchev–Trinajstić information content (AvgIpc) is 2.95. The highest BCUT2D eigenvalue weighted by Gasteiger charge is 2.22. The van der Waals surface area contributed by atoms with Gasteiger partial charge in [-0.1, -0.05) is 41.5 Å². The summed E-state index contributed by atoms with van der Waals surface area (Å²) in [6, 6.07) is 6.77. The Morgan fingerprint density at radius 1 is 0.614 bits per heavy atom. The Labute approximate surface area is 259 Å². The van der Waals surface area contributed by atoms with E-state index in [1.54, 1.807) is 36.4 Å². The second-order valence-electron chi connectivity index (χ2n) is 12.2. The van der Waals surface area contributed by atoms with E-state index in [4.69, 9.17) is 18.9 Å². The molecule has 0 amide bonds. The van der Waals surface area contributed by atoms with E-state index in [9.17, 15) is 30.0 Å². The Morgan fingerprint density at radius 3 is 1.27 bits per heavy atom. The molecule has 10 heteroatoms. The van der Waals surface area contributed by atoms with E-state index in [-0.39, 0.29) is 75.2 Å². The van der Waals surface area contributed by atoms with Crippen LogP contribution < -0.4 is 0 Å². The summed E-state index contributed by atoms with van der Waals surface area (Å²) in [4.78, 5) is 24.1. The quantitative estimate of drug-likeness (QED) is 0.128. The van der Waals surface area contributed by atoms with E-state index in [0.717, 1.165) is 0 Å². The second-order valence-corrected chi connectivity index (χ2v) is 12.2. The Balaban J connectivity index is 1.64. The molecule has 242 valence electrons. The van der Waals surface area contributed by atoms with Gasteiger partial charge >= 0.3 is 11.9 Å². The van der Waals surface area contributed by atoms with E-state index in [2.05, 4.69) is 0 Å². The van der Waals surface area contributed by atoms with Gasteiger partial charge in [0.05, 0.1) is 39.6 Å². The molecule has 0 aliphatic rings. The van der Waals surface area contributed by atoms with Crippen molar-refractivity contribution >= 4 is 24.1 Å². The fourth-order valence-electron chi connectivity index (χ4n) is 4.16. The third-order valence-corrected chi connectivity index (χ3v) is 6.52. The van der Waals surface area contributed by atoms with Gasteiger partial charge in [-0.05, 0) is 58.4 Å². The molecular weight excluding hydrogens is 568 g/mol. The summed E-state index contributed by atoms with van der Waals surface area (Å²) in [6.07, 6.45) is 5.69. The maximum Gasteiger partial charge on any atom is 0.330 e. The molecule has 0 aliphatic carbocycles. The normalized spacial score (nSPS) is 12.3. The van der Waals surface area contributed by atoms with Crippen molar-refractivity contribution in [2.45, 2.75) is 65.6 Å². The third kappa shape index (κ3) is 11.8. The number of ether oxygens (including phenoxy) is 4. The number of aromatic hydroxyl groups is 2. The number of aliphatic hydroxyl groups excluding tert-OH is 2. The van der Waals surface area contributed by atoms with Gasteiger partial charge < -0.3 is 39.4 Å². The Morgan fingerprint density at radius 2 is 0.955 bits per heavy atom. The summed E-state index contributed by atoms with van der Waals surface area (Å²) in [7, 11) is 0.